The van der Waals surface area contributed by atoms with Gasteiger partial charge in [0.05, 0.1) is 5.75 Å². The Bertz CT molecular complexity index is 841. The number of carbonyl (C=O) groups is 1. The first-order valence-corrected chi connectivity index (χ1v) is 11.7. The molecule has 0 radical (unpaired) electrons. The van der Waals surface area contributed by atoms with E-state index in [1.54, 1.807) is 0 Å². The van der Waals surface area contributed by atoms with E-state index in [4.69, 9.17) is 4.42 Å². The molecule has 1 aliphatic carbocycles. The van der Waals surface area contributed by atoms with Gasteiger partial charge in [0, 0.05) is 18.7 Å². The average molecular weight is 414 g/mol. The lowest BCUT2D eigenvalue weighted by Gasteiger charge is -2.41. The molecule has 0 spiro atoms. The molecule has 1 aliphatic heterocycles. The minimum atomic E-state index is 0.112. The highest BCUT2D eigenvalue weighted by molar-refractivity contribution is 7.99. The van der Waals surface area contributed by atoms with Gasteiger partial charge in [0.25, 0.3) is 5.22 Å². The van der Waals surface area contributed by atoms with Gasteiger partial charge in [-0.2, -0.15) is 0 Å². The third kappa shape index (κ3) is 4.85. The molecule has 2 fully saturated rings. The third-order valence-corrected chi connectivity index (χ3v) is 7.17. The first-order chi connectivity index (χ1) is 13.9. The van der Waals surface area contributed by atoms with Gasteiger partial charge in [-0.1, -0.05) is 63.9 Å². The Labute approximate surface area is 177 Å². The molecule has 1 amide bonds. The molecular weight excluding hydrogens is 382 g/mol. The first-order valence-electron chi connectivity index (χ1n) is 10.7. The number of aromatic nitrogens is 2. The van der Waals surface area contributed by atoms with E-state index < -0.39 is 0 Å². The number of benzene rings is 1. The first kappa shape index (κ1) is 20.5. The second-order valence-corrected chi connectivity index (χ2v) is 10.3. The zero-order valence-corrected chi connectivity index (χ0v) is 18.5. The van der Waals surface area contributed by atoms with E-state index in [-0.39, 0.29) is 11.3 Å². The Morgan fingerprint density at radius 3 is 2.55 bits per heavy atom. The third-order valence-electron chi connectivity index (χ3n) is 6.37. The van der Waals surface area contributed by atoms with E-state index in [0.29, 0.717) is 22.8 Å². The van der Waals surface area contributed by atoms with Crippen LogP contribution >= 0.6 is 11.8 Å². The zero-order valence-electron chi connectivity index (χ0n) is 17.7. The lowest BCUT2D eigenvalue weighted by molar-refractivity contribution is -0.131. The Kier molecular flexibility index (Phi) is 6.00. The fourth-order valence-corrected chi connectivity index (χ4v) is 5.21. The maximum absolute atomic E-state index is 12.7. The highest BCUT2D eigenvalue weighted by atomic mass is 32.2. The molecule has 2 aliphatic rings. The van der Waals surface area contributed by atoms with Gasteiger partial charge in [-0.15, -0.1) is 10.2 Å². The van der Waals surface area contributed by atoms with E-state index in [1.165, 1.54) is 43.0 Å². The van der Waals surface area contributed by atoms with E-state index in [1.807, 2.05) is 17.0 Å². The quantitative estimate of drug-likeness (QED) is 0.648. The Morgan fingerprint density at radius 1 is 1.10 bits per heavy atom. The number of hydrogen-bond acceptors (Lipinski definition) is 5. The summed E-state index contributed by atoms with van der Waals surface area (Å²) in [6.07, 6.45) is 6.48. The fraction of sp³-hybridized carbons (Fsp3) is 0.609. The van der Waals surface area contributed by atoms with Crippen molar-refractivity contribution in [3.63, 3.8) is 0 Å². The van der Waals surface area contributed by atoms with E-state index in [9.17, 15) is 4.79 Å². The summed E-state index contributed by atoms with van der Waals surface area (Å²) in [5, 5.41) is 8.74. The van der Waals surface area contributed by atoms with Crippen LogP contribution in [0.5, 0.6) is 0 Å². The minimum absolute atomic E-state index is 0.112. The van der Waals surface area contributed by atoms with Crippen LogP contribution in [0.15, 0.2) is 33.9 Å². The van der Waals surface area contributed by atoms with Gasteiger partial charge in [0.15, 0.2) is 0 Å². The summed E-state index contributed by atoms with van der Waals surface area (Å²) >= 11 is 1.34. The highest BCUT2D eigenvalue weighted by Gasteiger charge is 2.32. The Hall–Kier alpha value is -1.82. The summed E-state index contributed by atoms with van der Waals surface area (Å²) in [6, 6.07) is 8.24. The molecule has 1 aromatic heterocycles. The van der Waals surface area contributed by atoms with Crippen LogP contribution in [-0.4, -0.2) is 39.8 Å². The molecule has 6 heteroatoms. The van der Waals surface area contributed by atoms with Crippen LogP contribution in [0.4, 0.5) is 0 Å². The number of fused-ring (bicyclic) bond motifs is 1. The number of piperidine rings is 1. The van der Waals surface area contributed by atoms with Crippen LogP contribution in [0, 0.1) is 11.8 Å². The number of hydrogen-bond donors (Lipinski definition) is 0. The SMILES string of the molecule is CC(C)(C)c1ccc(-c2nnc(SCC(=O)N3CC[C@@H]4CCCC[C@@H]4C3)o2)cc1. The van der Waals surface area contributed by atoms with Gasteiger partial charge in [-0.05, 0) is 47.8 Å². The van der Waals surface area contributed by atoms with Gasteiger partial charge in [-0.3, -0.25) is 4.79 Å². The number of likely N-dealkylation sites (tertiary alicyclic amines) is 1. The van der Waals surface area contributed by atoms with Gasteiger partial charge >= 0.3 is 0 Å². The largest absolute Gasteiger partial charge is 0.411 e. The van der Waals surface area contributed by atoms with Crippen LogP contribution in [0.25, 0.3) is 11.5 Å². The van der Waals surface area contributed by atoms with Crippen molar-refractivity contribution in [2.24, 2.45) is 11.8 Å². The molecule has 1 saturated carbocycles. The molecule has 2 aromatic rings. The van der Waals surface area contributed by atoms with Gasteiger partial charge in [-0.25, -0.2) is 0 Å². The molecular formula is C23H31N3O2S. The van der Waals surface area contributed by atoms with Gasteiger partial charge in [0.1, 0.15) is 0 Å². The van der Waals surface area contributed by atoms with Gasteiger partial charge < -0.3 is 9.32 Å². The molecule has 2 atom stereocenters. The molecule has 0 N–H and O–H groups in total. The van der Waals surface area contributed by atoms with Crippen molar-refractivity contribution in [2.75, 3.05) is 18.8 Å². The van der Waals surface area contributed by atoms with E-state index in [0.717, 1.165) is 31.0 Å². The molecule has 1 aromatic carbocycles. The van der Waals surface area contributed by atoms with Crippen LogP contribution < -0.4 is 0 Å². The topological polar surface area (TPSA) is 59.2 Å². The number of thioether (sulfide) groups is 1. The summed E-state index contributed by atoms with van der Waals surface area (Å²) in [5.41, 5.74) is 2.28. The minimum Gasteiger partial charge on any atom is -0.411 e. The molecule has 4 rings (SSSR count). The van der Waals surface area contributed by atoms with Crippen molar-refractivity contribution in [3.8, 4) is 11.5 Å². The van der Waals surface area contributed by atoms with Gasteiger partial charge in [0.2, 0.25) is 11.8 Å². The average Bonchev–Trinajstić information content (AvgIpc) is 3.20. The molecule has 2 heterocycles. The number of amides is 1. The Balaban J connectivity index is 1.32. The normalized spacial score (nSPS) is 22.4. The predicted octanol–water partition coefficient (Wildman–Crippen LogP) is 5.16. The van der Waals surface area contributed by atoms with Crippen LogP contribution in [0.2, 0.25) is 0 Å². The van der Waals surface area contributed by atoms with Crippen molar-refractivity contribution in [2.45, 2.75) is 63.5 Å². The van der Waals surface area contributed by atoms with Crippen molar-refractivity contribution >= 4 is 17.7 Å². The number of rotatable bonds is 4. The van der Waals surface area contributed by atoms with Crippen molar-refractivity contribution in [1.82, 2.24) is 15.1 Å². The van der Waals surface area contributed by atoms with Crippen LogP contribution in [0.1, 0.15) is 58.4 Å². The number of nitrogens with zero attached hydrogens (tertiary/aromatic N) is 3. The second-order valence-electron chi connectivity index (χ2n) is 9.42. The second kappa shape index (κ2) is 8.50. The standard InChI is InChI=1S/C23H31N3O2S/c1-23(2,3)19-10-8-17(9-11-19)21-24-25-22(28-21)29-15-20(27)26-13-12-16-6-4-5-7-18(16)14-26/h8-11,16,18H,4-7,12-15H2,1-3H3/t16-,18+/m0/s1. The zero-order chi connectivity index (χ0) is 20.4. The maximum atomic E-state index is 12.7. The molecule has 1 saturated heterocycles. The smallest absolute Gasteiger partial charge is 0.277 e. The highest BCUT2D eigenvalue weighted by Crippen LogP contribution is 2.36. The predicted molar refractivity (Wildman–Crippen MR) is 116 cm³/mol. The summed E-state index contributed by atoms with van der Waals surface area (Å²) < 4.78 is 5.79. The molecule has 156 valence electrons. The van der Waals surface area contributed by atoms with Crippen LogP contribution in [-0.2, 0) is 10.2 Å². The van der Waals surface area contributed by atoms with Crippen LogP contribution in [0.3, 0.4) is 0 Å². The van der Waals surface area contributed by atoms with E-state index >= 15 is 0 Å². The molecule has 0 bridgehead atoms. The summed E-state index contributed by atoms with van der Waals surface area (Å²) in [6.45, 7) is 8.40. The van der Waals surface area contributed by atoms with Crippen molar-refractivity contribution in [1.29, 1.82) is 0 Å². The van der Waals surface area contributed by atoms with Crippen molar-refractivity contribution < 1.29 is 9.21 Å². The van der Waals surface area contributed by atoms with Crippen molar-refractivity contribution in [3.05, 3.63) is 29.8 Å². The fourth-order valence-electron chi connectivity index (χ4n) is 4.54. The maximum Gasteiger partial charge on any atom is 0.277 e. The Morgan fingerprint density at radius 2 is 1.83 bits per heavy atom. The summed E-state index contributed by atoms with van der Waals surface area (Å²) in [4.78, 5) is 14.7. The summed E-state index contributed by atoms with van der Waals surface area (Å²) in [5.74, 6) is 2.60. The van der Waals surface area contributed by atoms with E-state index in [2.05, 4.69) is 43.1 Å². The molecule has 5 nitrogen and oxygen atoms in total. The molecule has 0 unspecified atom stereocenters. The monoisotopic (exact) mass is 413 g/mol. The summed E-state index contributed by atoms with van der Waals surface area (Å²) in [7, 11) is 0. The number of carbonyl (C=O) groups excluding carboxylic acids is 1. The lowest BCUT2D eigenvalue weighted by atomic mass is 9.75. The lowest BCUT2D eigenvalue weighted by Crippen LogP contribution is -2.45. The molecule has 29 heavy (non-hydrogen) atoms.